The molecule has 0 aromatic heterocycles. The van der Waals surface area contributed by atoms with Crippen molar-refractivity contribution in [3.8, 4) is 0 Å². The highest BCUT2D eigenvalue weighted by Crippen LogP contribution is 2.49. The largest absolute Gasteiger partial charge is 0.494 e. The van der Waals surface area contributed by atoms with Crippen LogP contribution in [0.15, 0.2) is 71.6 Å². The number of alkyl halides is 3. The second-order valence-corrected chi connectivity index (χ2v) is 12.2. The van der Waals surface area contributed by atoms with Crippen LogP contribution in [-0.4, -0.2) is 73.7 Å². The highest BCUT2D eigenvalue weighted by atomic mass is 19.4. The third-order valence-corrected chi connectivity index (χ3v) is 9.11. The van der Waals surface area contributed by atoms with Gasteiger partial charge in [-0.3, -0.25) is 0 Å². The first-order valence-electron chi connectivity index (χ1n) is 13.7. The maximum atomic E-state index is 13.0. The Kier molecular flexibility index (Phi) is 6.24. The van der Waals surface area contributed by atoms with Gasteiger partial charge in [0.2, 0.25) is 0 Å². The lowest BCUT2D eigenvalue weighted by atomic mass is 9.70. The van der Waals surface area contributed by atoms with Gasteiger partial charge in [-0.1, -0.05) is 30.4 Å². The number of halogens is 3. The third-order valence-electron chi connectivity index (χ3n) is 9.11. The molecule has 10 heteroatoms. The zero-order chi connectivity index (χ0) is 27.6. The van der Waals surface area contributed by atoms with E-state index in [9.17, 15) is 13.2 Å². The lowest BCUT2D eigenvalue weighted by Gasteiger charge is -2.41. The van der Waals surface area contributed by atoms with Crippen LogP contribution in [-0.2, 0) is 9.31 Å². The molecule has 0 radical (unpaired) electrons. The molecule has 3 fully saturated rings. The lowest BCUT2D eigenvalue weighted by Crippen LogP contribution is -2.46. The number of hydrogen-bond acceptors (Lipinski definition) is 6. The smallest absolute Gasteiger partial charge is 0.399 e. The first-order chi connectivity index (χ1) is 18.4. The molecular weight excluding hydrogens is 504 g/mol. The van der Waals surface area contributed by atoms with E-state index in [1.54, 1.807) is 0 Å². The van der Waals surface area contributed by atoms with E-state index in [1.807, 2.05) is 18.2 Å². The van der Waals surface area contributed by atoms with Crippen molar-refractivity contribution in [3.63, 3.8) is 0 Å². The van der Waals surface area contributed by atoms with E-state index in [-0.39, 0.29) is 18.3 Å². The molecule has 1 aromatic carbocycles. The Labute approximate surface area is 228 Å². The lowest BCUT2D eigenvalue weighted by molar-refractivity contribution is -0.149. The van der Waals surface area contributed by atoms with Crippen LogP contribution in [0, 0.1) is 5.41 Å². The van der Waals surface area contributed by atoms with Gasteiger partial charge >= 0.3 is 13.3 Å². The van der Waals surface area contributed by atoms with E-state index in [2.05, 4.69) is 79.3 Å². The summed E-state index contributed by atoms with van der Waals surface area (Å²) >= 11 is 0. The quantitative estimate of drug-likeness (QED) is 0.580. The fourth-order valence-corrected chi connectivity index (χ4v) is 6.13. The van der Waals surface area contributed by atoms with Crippen LogP contribution in [0.2, 0.25) is 0 Å². The topological polar surface area (TPSA) is 40.2 Å². The Hall–Kier alpha value is -2.69. The van der Waals surface area contributed by atoms with Crippen LogP contribution >= 0.6 is 0 Å². The Morgan fingerprint density at radius 3 is 2.23 bits per heavy atom. The van der Waals surface area contributed by atoms with Crippen LogP contribution in [0.5, 0.6) is 0 Å². The van der Waals surface area contributed by atoms with Crippen molar-refractivity contribution in [2.45, 2.75) is 51.5 Å². The van der Waals surface area contributed by atoms with Gasteiger partial charge in [-0.05, 0) is 69.4 Å². The summed E-state index contributed by atoms with van der Waals surface area (Å²) < 4.78 is 51.5. The molecule has 6 rings (SSSR count). The van der Waals surface area contributed by atoms with E-state index < -0.39 is 18.1 Å². The number of nitrogens with one attached hydrogen (secondary N) is 1. The summed E-state index contributed by atoms with van der Waals surface area (Å²) in [7, 11) is -0.365. The summed E-state index contributed by atoms with van der Waals surface area (Å²) in [5, 5.41) is 1.29. The zero-order valence-electron chi connectivity index (χ0n) is 23.0. The van der Waals surface area contributed by atoms with Crippen molar-refractivity contribution in [1.29, 1.82) is 0 Å². The Morgan fingerprint density at radius 1 is 0.949 bits per heavy atom. The van der Waals surface area contributed by atoms with Crippen LogP contribution < -0.4 is 15.8 Å². The maximum Gasteiger partial charge on any atom is 0.494 e. The number of nitrogens with zero attached hydrogens (tertiary/aromatic N) is 3. The average molecular weight is 540 g/mol. The monoisotopic (exact) mass is 540 g/mol. The van der Waals surface area contributed by atoms with Crippen molar-refractivity contribution in [1.82, 2.24) is 15.3 Å². The molecule has 3 aliphatic heterocycles. The molecule has 3 heterocycles. The molecule has 5 aliphatic rings. The molecule has 0 amide bonds. The normalized spacial score (nSPS) is 28.0. The van der Waals surface area contributed by atoms with Crippen molar-refractivity contribution >= 4 is 18.3 Å². The van der Waals surface area contributed by atoms with Gasteiger partial charge in [0.15, 0.2) is 0 Å². The number of rotatable bonds is 4. The van der Waals surface area contributed by atoms with E-state index in [0.29, 0.717) is 13.0 Å². The molecular formula is C29H36BF3N4O2. The van der Waals surface area contributed by atoms with E-state index >= 15 is 0 Å². The van der Waals surface area contributed by atoms with Gasteiger partial charge in [0.05, 0.1) is 16.6 Å². The SMILES string of the molecule is CC1(C)OB(c2ccc(N3CCN(C4=CCC56CN(CC(F)(F)F)NC5=CC=CC6=C4)CC3)cc2)OC1(C)C. The molecule has 1 spiro atoms. The zero-order valence-corrected chi connectivity index (χ0v) is 23.0. The molecule has 2 aliphatic carbocycles. The van der Waals surface area contributed by atoms with Crippen LogP contribution in [0.25, 0.3) is 0 Å². The minimum Gasteiger partial charge on any atom is -0.399 e. The standard InChI is InChI=1S/C29H36BF3N4O2/c1-26(2)27(3,4)39-30(38-26)22-8-10-23(11-9-22)35-14-16-36(17-15-35)24-12-13-28-19-37(20-29(31,32)33)34-25(28)7-5-6-21(28)18-24/h5-12,18,34H,13-17,19-20H2,1-4H3. The number of hydrazine groups is 1. The molecule has 0 saturated carbocycles. The highest BCUT2D eigenvalue weighted by molar-refractivity contribution is 6.62. The summed E-state index contributed by atoms with van der Waals surface area (Å²) in [6.07, 6.45) is 6.70. The highest BCUT2D eigenvalue weighted by Gasteiger charge is 2.52. The molecule has 1 aromatic rings. The number of piperazine rings is 1. The van der Waals surface area contributed by atoms with E-state index in [4.69, 9.17) is 9.31 Å². The molecule has 0 bridgehead atoms. The number of anilines is 1. The van der Waals surface area contributed by atoms with Crippen LogP contribution in [0.4, 0.5) is 18.9 Å². The van der Waals surface area contributed by atoms with E-state index in [1.165, 1.54) is 10.7 Å². The Bertz CT molecular complexity index is 1230. The van der Waals surface area contributed by atoms with Gasteiger partial charge in [-0.2, -0.15) is 13.2 Å². The van der Waals surface area contributed by atoms with Crippen molar-refractivity contribution in [3.05, 3.63) is 71.6 Å². The molecule has 3 saturated heterocycles. The maximum absolute atomic E-state index is 13.0. The number of hydrogen-bond donors (Lipinski definition) is 1. The van der Waals surface area contributed by atoms with Crippen molar-refractivity contribution in [2.24, 2.45) is 5.41 Å². The summed E-state index contributed by atoms with van der Waals surface area (Å²) in [5.74, 6) is 0. The first-order valence-corrected chi connectivity index (χ1v) is 13.7. The minimum atomic E-state index is -4.24. The molecule has 39 heavy (non-hydrogen) atoms. The fraction of sp³-hybridized carbons (Fsp3) is 0.517. The Morgan fingerprint density at radius 2 is 1.59 bits per heavy atom. The van der Waals surface area contributed by atoms with Gasteiger partial charge < -0.3 is 24.5 Å². The number of allylic oxidation sites excluding steroid dienone is 5. The first kappa shape index (κ1) is 26.5. The minimum absolute atomic E-state index is 0.313. The van der Waals surface area contributed by atoms with E-state index in [0.717, 1.165) is 48.6 Å². The molecule has 6 nitrogen and oxygen atoms in total. The van der Waals surface area contributed by atoms with Gasteiger partial charge in [0.1, 0.15) is 6.54 Å². The van der Waals surface area contributed by atoms with Crippen LogP contribution in [0.3, 0.4) is 0 Å². The van der Waals surface area contributed by atoms with Gasteiger partial charge in [-0.25, -0.2) is 5.01 Å². The van der Waals surface area contributed by atoms with Gasteiger partial charge in [0, 0.05) is 49.8 Å². The molecule has 1 unspecified atom stereocenters. The molecule has 208 valence electrons. The molecule has 1 atom stereocenters. The summed E-state index contributed by atoms with van der Waals surface area (Å²) in [5.41, 5.74) is 7.14. The second kappa shape index (κ2) is 9.18. The van der Waals surface area contributed by atoms with Gasteiger partial charge in [0.25, 0.3) is 0 Å². The summed E-state index contributed by atoms with van der Waals surface area (Å²) in [6, 6.07) is 8.47. The summed E-state index contributed by atoms with van der Waals surface area (Å²) in [4.78, 5) is 4.77. The van der Waals surface area contributed by atoms with Crippen LogP contribution in [0.1, 0.15) is 34.1 Å². The molecule has 1 N–H and O–H groups in total. The van der Waals surface area contributed by atoms with Crippen molar-refractivity contribution < 1.29 is 22.5 Å². The fourth-order valence-electron chi connectivity index (χ4n) is 6.13. The number of benzene rings is 1. The average Bonchev–Trinajstić information content (AvgIpc) is 3.33. The third kappa shape index (κ3) is 4.81. The summed E-state index contributed by atoms with van der Waals surface area (Å²) in [6.45, 7) is 11.1. The van der Waals surface area contributed by atoms with Gasteiger partial charge in [-0.15, -0.1) is 0 Å². The van der Waals surface area contributed by atoms with Crippen molar-refractivity contribution in [2.75, 3.05) is 44.2 Å². The Balaban J connectivity index is 1.08. The predicted octanol–water partition coefficient (Wildman–Crippen LogP) is 4.14. The second-order valence-electron chi connectivity index (χ2n) is 12.2. The predicted molar refractivity (Wildman–Crippen MR) is 147 cm³/mol.